The lowest BCUT2D eigenvalue weighted by molar-refractivity contribution is 0.101. The second kappa shape index (κ2) is 8.82. The van der Waals surface area contributed by atoms with Gasteiger partial charge in [0.1, 0.15) is 23.9 Å². The van der Waals surface area contributed by atoms with Crippen molar-refractivity contribution in [1.82, 2.24) is 0 Å². The fraction of sp³-hybridized carbons (Fsp3) is 0.115. The third-order valence-electron chi connectivity index (χ3n) is 5.12. The van der Waals surface area contributed by atoms with Gasteiger partial charge in [-0.1, -0.05) is 52.9 Å². The Bertz CT molecular complexity index is 1190. The molecule has 1 aliphatic heterocycles. The predicted octanol–water partition coefficient (Wildman–Crippen LogP) is 6.60. The van der Waals surface area contributed by atoms with Gasteiger partial charge in [-0.2, -0.15) is 0 Å². The third-order valence-corrected chi connectivity index (χ3v) is 5.62. The highest BCUT2D eigenvalue weighted by Crippen LogP contribution is 2.40. The van der Waals surface area contributed by atoms with Crippen LogP contribution in [0.5, 0.6) is 17.2 Å². The lowest BCUT2D eigenvalue weighted by Gasteiger charge is -2.12. The maximum atomic E-state index is 12.9. The highest BCUT2D eigenvalue weighted by molar-refractivity contribution is 9.10. The number of fused-ring (bicyclic) bond motifs is 1. The molecule has 156 valence electrons. The van der Waals surface area contributed by atoms with Crippen LogP contribution in [0.3, 0.4) is 0 Å². The Morgan fingerprint density at radius 1 is 1.06 bits per heavy atom. The Balaban J connectivity index is 1.58. The smallest absolute Gasteiger partial charge is 0.231 e. The summed E-state index contributed by atoms with van der Waals surface area (Å²) >= 11 is 3.45. The SMILES string of the molecule is C=Cc1ccc(COc2ccc3c(c2C)O/C(=C\c2cc(Br)ccc2OC)C3=O)cc1. The first kappa shape index (κ1) is 20.9. The van der Waals surface area contributed by atoms with E-state index < -0.39 is 0 Å². The van der Waals surface area contributed by atoms with Crippen LogP contribution >= 0.6 is 15.9 Å². The normalized spacial score (nSPS) is 13.6. The van der Waals surface area contributed by atoms with Crippen molar-refractivity contribution in [3.05, 3.63) is 99.2 Å². The Kier molecular flexibility index (Phi) is 5.96. The molecule has 3 aromatic carbocycles. The van der Waals surface area contributed by atoms with Crippen molar-refractivity contribution in [1.29, 1.82) is 0 Å². The standard InChI is InChI=1S/C26H21BrO4/c1-4-17-5-7-18(8-6-17)15-30-22-12-10-21-25(28)24(31-26(21)16(22)2)14-19-13-20(27)9-11-23(19)29-3/h4-14H,1,15H2,2-3H3/b24-14-. The summed E-state index contributed by atoms with van der Waals surface area (Å²) in [6, 6.07) is 17.2. The number of ketones is 1. The number of allylic oxidation sites excluding steroid dienone is 1. The maximum absolute atomic E-state index is 12.9. The molecule has 0 amide bonds. The summed E-state index contributed by atoms with van der Waals surface area (Å²) < 4.78 is 18.2. The molecule has 1 heterocycles. The van der Waals surface area contributed by atoms with Crippen LogP contribution in [0.25, 0.3) is 12.2 Å². The summed E-state index contributed by atoms with van der Waals surface area (Å²) in [7, 11) is 1.59. The van der Waals surface area contributed by atoms with E-state index in [1.54, 1.807) is 25.3 Å². The Labute approximate surface area is 189 Å². The molecule has 0 spiro atoms. The van der Waals surface area contributed by atoms with E-state index in [0.717, 1.165) is 26.7 Å². The summed E-state index contributed by atoms with van der Waals surface area (Å²) in [4.78, 5) is 12.9. The van der Waals surface area contributed by atoms with Crippen molar-refractivity contribution in [3.8, 4) is 17.2 Å². The van der Waals surface area contributed by atoms with Gasteiger partial charge in [0.2, 0.25) is 5.78 Å². The van der Waals surface area contributed by atoms with Crippen molar-refractivity contribution in [2.24, 2.45) is 0 Å². The first-order valence-electron chi connectivity index (χ1n) is 9.75. The van der Waals surface area contributed by atoms with E-state index in [9.17, 15) is 4.79 Å². The summed E-state index contributed by atoms with van der Waals surface area (Å²) in [6.45, 7) is 6.08. The molecule has 0 radical (unpaired) electrons. The van der Waals surface area contributed by atoms with E-state index in [4.69, 9.17) is 14.2 Å². The molecule has 0 aromatic heterocycles. The van der Waals surface area contributed by atoms with Crippen LogP contribution in [0.15, 0.2) is 71.4 Å². The molecule has 31 heavy (non-hydrogen) atoms. The first-order valence-corrected chi connectivity index (χ1v) is 10.5. The third kappa shape index (κ3) is 4.28. The molecular weight excluding hydrogens is 456 g/mol. The number of carbonyl (C=O) groups is 1. The summed E-state index contributed by atoms with van der Waals surface area (Å²) in [5.74, 6) is 1.97. The van der Waals surface area contributed by atoms with Crippen LogP contribution in [-0.2, 0) is 6.61 Å². The number of ether oxygens (including phenoxy) is 3. The van der Waals surface area contributed by atoms with E-state index in [2.05, 4.69) is 22.5 Å². The molecule has 3 aromatic rings. The molecule has 5 heteroatoms. The van der Waals surface area contributed by atoms with E-state index in [1.165, 1.54) is 0 Å². The predicted molar refractivity (Wildman–Crippen MR) is 126 cm³/mol. The fourth-order valence-corrected chi connectivity index (χ4v) is 3.77. The van der Waals surface area contributed by atoms with Gasteiger partial charge in [-0.05, 0) is 54.5 Å². The second-order valence-electron chi connectivity index (χ2n) is 7.13. The number of hydrogen-bond donors (Lipinski definition) is 0. The topological polar surface area (TPSA) is 44.8 Å². The average Bonchev–Trinajstić information content (AvgIpc) is 3.10. The zero-order chi connectivity index (χ0) is 22.0. The molecule has 0 bridgehead atoms. The molecule has 0 fully saturated rings. The van der Waals surface area contributed by atoms with Crippen LogP contribution in [0.4, 0.5) is 0 Å². The molecule has 0 atom stereocenters. The molecule has 0 N–H and O–H groups in total. The molecular formula is C26H21BrO4. The molecule has 4 rings (SSSR count). The Morgan fingerprint density at radius 3 is 2.52 bits per heavy atom. The van der Waals surface area contributed by atoms with E-state index in [-0.39, 0.29) is 11.5 Å². The molecule has 0 unspecified atom stereocenters. The van der Waals surface area contributed by atoms with Crippen LogP contribution in [0.2, 0.25) is 0 Å². The van der Waals surface area contributed by atoms with Crippen molar-refractivity contribution in [2.75, 3.05) is 7.11 Å². The van der Waals surface area contributed by atoms with Gasteiger partial charge in [0.05, 0.1) is 12.7 Å². The van der Waals surface area contributed by atoms with Gasteiger partial charge in [-0.3, -0.25) is 4.79 Å². The average molecular weight is 477 g/mol. The maximum Gasteiger partial charge on any atom is 0.231 e. The second-order valence-corrected chi connectivity index (χ2v) is 8.04. The van der Waals surface area contributed by atoms with Crippen LogP contribution in [0, 0.1) is 6.92 Å². The lowest BCUT2D eigenvalue weighted by atomic mass is 10.1. The van der Waals surface area contributed by atoms with Crippen molar-refractivity contribution in [2.45, 2.75) is 13.5 Å². The quantitative estimate of drug-likeness (QED) is 0.375. The molecule has 0 saturated heterocycles. The summed E-state index contributed by atoms with van der Waals surface area (Å²) in [6.07, 6.45) is 3.51. The van der Waals surface area contributed by atoms with Gasteiger partial charge < -0.3 is 14.2 Å². The summed E-state index contributed by atoms with van der Waals surface area (Å²) in [5, 5.41) is 0. The number of benzene rings is 3. The van der Waals surface area contributed by atoms with E-state index in [1.807, 2.05) is 55.5 Å². The molecule has 0 saturated carbocycles. The van der Waals surface area contributed by atoms with Crippen LogP contribution < -0.4 is 14.2 Å². The number of methoxy groups -OCH3 is 1. The van der Waals surface area contributed by atoms with Crippen LogP contribution in [-0.4, -0.2) is 12.9 Å². The van der Waals surface area contributed by atoms with Gasteiger partial charge in [-0.15, -0.1) is 0 Å². The van der Waals surface area contributed by atoms with Gasteiger partial charge in [0.25, 0.3) is 0 Å². The minimum Gasteiger partial charge on any atom is -0.496 e. The Hall–Kier alpha value is -3.31. The highest BCUT2D eigenvalue weighted by Gasteiger charge is 2.30. The number of rotatable bonds is 6. The van der Waals surface area contributed by atoms with Gasteiger partial charge >= 0.3 is 0 Å². The number of Topliss-reactive ketones (excluding diaryl/α,β-unsaturated/α-hetero) is 1. The molecule has 1 aliphatic rings. The molecule has 4 nitrogen and oxygen atoms in total. The minimum absolute atomic E-state index is 0.160. The molecule has 0 aliphatic carbocycles. The van der Waals surface area contributed by atoms with E-state index in [0.29, 0.717) is 29.4 Å². The number of hydrogen-bond acceptors (Lipinski definition) is 4. The highest BCUT2D eigenvalue weighted by atomic mass is 79.9. The Morgan fingerprint density at radius 2 is 1.81 bits per heavy atom. The lowest BCUT2D eigenvalue weighted by Crippen LogP contribution is -1.99. The van der Waals surface area contributed by atoms with Gasteiger partial charge in [0.15, 0.2) is 5.76 Å². The van der Waals surface area contributed by atoms with Crippen molar-refractivity contribution in [3.63, 3.8) is 0 Å². The number of carbonyl (C=O) groups excluding carboxylic acids is 1. The van der Waals surface area contributed by atoms with Gasteiger partial charge in [-0.25, -0.2) is 0 Å². The zero-order valence-corrected chi connectivity index (χ0v) is 18.9. The van der Waals surface area contributed by atoms with Crippen molar-refractivity contribution < 1.29 is 19.0 Å². The monoisotopic (exact) mass is 476 g/mol. The van der Waals surface area contributed by atoms with E-state index >= 15 is 0 Å². The first-order chi connectivity index (χ1) is 15.0. The largest absolute Gasteiger partial charge is 0.496 e. The number of halogens is 1. The summed E-state index contributed by atoms with van der Waals surface area (Å²) in [5.41, 5.74) is 4.18. The minimum atomic E-state index is -0.160. The van der Waals surface area contributed by atoms with Crippen molar-refractivity contribution >= 4 is 33.9 Å². The fourth-order valence-electron chi connectivity index (χ4n) is 3.39. The van der Waals surface area contributed by atoms with Crippen LogP contribution in [0.1, 0.15) is 32.6 Å². The van der Waals surface area contributed by atoms with Gasteiger partial charge in [0, 0.05) is 15.6 Å². The zero-order valence-electron chi connectivity index (χ0n) is 17.3.